The first-order valence-corrected chi connectivity index (χ1v) is 10.8. The first-order chi connectivity index (χ1) is 15.6. The van der Waals surface area contributed by atoms with E-state index in [1.807, 2.05) is 67.6 Å². The molecule has 5 heteroatoms. The second-order valence-corrected chi connectivity index (χ2v) is 8.07. The molecule has 2 heterocycles. The molecule has 0 saturated heterocycles. The van der Waals surface area contributed by atoms with Gasteiger partial charge in [0.05, 0.1) is 5.69 Å². The standard InChI is InChI=1S/C27H23NO4/c1-18-22-14-13-21(31-27(30)28-15-7-11-20-10-5-6-12-24(20)28)17-25(22)32-26(29)23(18)16-19-8-3-2-4-9-19/h2-6,8-10,12-14,17H,7,11,15-16H2,1H3. The summed E-state index contributed by atoms with van der Waals surface area (Å²) >= 11 is 0. The highest BCUT2D eigenvalue weighted by Gasteiger charge is 2.24. The summed E-state index contributed by atoms with van der Waals surface area (Å²) in [6.07, 6.45) is 1.92. The third-order valence-corrected chi connectivity index (χ3v) is 6.02. The van der Waals surface area contributed by atoms with Crippen molar-refractivity contribution < 1.29 is 13.9 Å². The van der Waals surface area contributed by atoms with E-state index in [9.17, 15) is 9.59 Å². The van der Waals surface area contributed by atoms with Crippen LogP contribution >= 0.6 is 0 Å². The lowest BCUT2D eigenvalue weighted by Crippen LogP contribution is -2.37. The SMILES string of the molecule is Cc1c(Cc2ccccc2)c(=O)oc2cc(OC(=O)N3CCCc4ccccc43)ccc12. The van der Waals surface area contributed by atoms with Gasteiger partial charge in [0, 0.05) is 30.0 Å². The van der Waals surface area contributed by atoms with E-state index in [2.05, 4.69) is 0 Å². The van der Waals surface area contributed by atoms with Gasteiger partial charge in [-0.1, -0.05) is 48.5 Å². The summed E-state index contributed by atoms with van der Waals surface area (Å²) in [6.45, 7) is 2.54. The number of amides is 1. The summed E-state index contributed by atoms with van der Waals surface area (Å²) in [7, 11) is 0. The number of hydrogen-bond acceptors (Lipinski definition) is 4. The highest BCUT2D eigenvalue weighted by Crippen LogP contribution is 2.29. The highest BCUT2D eigenvalue weighted by atomic mass is 16.6. The monoisotopic (exact) mass is 425 g/mol. The molecule has 0 N–H and O–H groups in total. The Morgan fingerprint density at radius 1 is 1.03 bits per heavy atom. The minimum absolute atomic E-state index is 0.351. The van der Waals surface area contributed by atoms with Crippen LogP contribution in [0.1, 0.15) is 28.7 Å². The van der Waals surface area contributed by atoms with Crippen LogP contribution in [0.5, 0.6) is 5.75 Å². The van der Waals surface area contributed by atoms with E-state index >= 15 is 0 Å². The number of anilines is 1. The van der Waals surface area contributed by atoms with Gasteiger partial charge in [0.1, 0.15) is 11.3 Å². The molecule has 4 aromatic rings. The molecule has 32 heavy (non-hydrogen) atoms. The molecule has 1 aliphatic rings. The van der Waals surface area contributed by atoms with Gasteiger partial charge in [0.15, 0.2) is 0 Å². The molecule has 0 unspecified atom stereocenters. The Balaban J connectivity index is 1.42. The van der Waals surface area contributed by atoms with Gasteiger partial charge in [-0.25, -0.2) is 9.59 Å². The highest BCUT2D eigenvalue weighted by molar-refractivity contribution is 5.91. The minimum atomic E-state index is -0.434. The molecule has 5 nitrogen and oxygen atoms in total. The van der Waals surface area contributed by atoms with E-state index in [0.717, 1.165) is 40.6 Å². The summed E-state index contributed by atoms with van der Waals surface area (Å²) in [5, 5.41) is 0.832. The van der Waals surface area contributed by atoms with E-state index in [-0.39, 0.29) is 5.63 Å². The van der Waals surface area contributed by atoms with E-state index in [1.54, 1.807) is 17.0 Å². The summed E-state index contributed by atoms with van der Waals surface area (Å²) in [5.41, 5.74) is 4.64. The number of hydrogen-bond donors (Lipinski definition) is 0. The largest absolute Gasteiger partial charge is 0.422 e. The van der Waals surface area contributed by atoms with Gasteiger partial charge in [0.2, 0.25) is 0 Å². The van der Waals surface area contributed by atoms with Gasteiger partial charge in [0.25, 0.3) is 0 Å². The van der Waals surface area contributed by atoms with Gasteiger partial charge < -0.3 is 9.15 Å². The summed E-state index contributed by atoms with van der Waals surface area (Å²) in [4.78, 5) is 27.2. The predicted octanol–water partition coefficient (Wildman–Crippen LogP) is 5.64. The van der Waals surface area contributed by atoms with Crippen LogP contribution in [-0.4, -0.2) is 12.6 Å². The number of nitrogens with zero attached hydrogens (tertiary/aromatic N) is 1. The fourth-order valence-electron chi connectivity index (χ4n) is 4.32. The van der Waals surface area contributed by atoms with E-state index in [4.69, 9.17) is 9.15 Å². The number of benzene rings is 3. The van der Waals surface area contributed by atoms with Crippen LogP contribution in [0.4, 0.5) is 10.5 Å². The fourth-order valence-corrected chi connectivity index (χ4v) is 4.32. The molecular weight excluding hydrogens is 402 g/mol. The number of para-hydroxylation sites is 1. The molecule has 5 rings (SSSR count). The van der Waals surface area contributed by atoms with Crippen LogP contribution in [0, 0.1) is 6.92 Å². The molecular formula is C27H23NO4. The first-order valence-electron chi connectivity index (χ1n) is 10.8. The molecule has 0 saturated carbocycles. The van der Waals surface area contributed by atoms with Gasteiger partial charge in [-0.3, -0.25) is 4.90 Å². The van der Waals surface area contributed by atoms with Crippen molar-refractivity contribution in [3.05, 3.63) is 105 Å². The Morgan fingerprint density at radius 3 is 2.66 bits per heavy atom. The molecule has 0 atom stereocenters. The summed E-state index contributed by atoms with van der Waals surface area (Å²) in [6, 6.07) is 22.9. The lowest BCUT2D eigenvalue weighted by molar-refractivity contribution is 0.207. The number of carbonyl (C=O) groups excluding carboxylic acids is 1. The third kappa shape index (κ3) is 3.78. The van der Waals surface area contributed by atoms with Gasteiger partial charge in [-0.05, 0) is 54.7 Å². The number of rotatable bonds is 3. The second-order valence-electron chi connectivity index (χ2n) is 8.07. The maximum absolute atomic E-state index is 12.9. The zero-order valence-electron chi connectivity index (χ0n) is 17.8. The molecule has 0 spiro atoms. The van der Waals surface area contributed by atoms with Crippen molar-refractivity contribution in [3.63, 3.8) is 0 Å². The fraction of sp³-hybridized carbons (Fsp3) is 0.185. The van der Waals surface area contributed by atoms with Crippen molar-refractivity contribution >= 4 is 22.7 Å². The maximum Gasteiger partial charge on any atom is 0.419 e. The summed E-state index contributed by atoms with van der Waals surface area (Å²) < 4.78 is 11.3. The average Bonchev–Trinajstić information content (AvgIpc) is 2.82. The van der Waals surface area contributed by atoms with Crippen LogP contribution < -0.4 is 15.3 Å². The zero-order chi connectivity index (χ0) is 22.1. The Morgan fingerprint density at radius 2 is 1.81 bits per heavy atom. The zero-order valence-corrected chi connectivity index (χ0v) is 17.8. The van der Waals surface area contributed by atoms with E-state index in [1.165, 1.54) is 0 Å². The van der Waals surface area contributed by atoms with Crippen LogP contribution in [0.15, 0.2) is 82.0 Å². The van der Waals surface area contributed by atoms with Crippen molar-refractivity contribution in [2.45, 2.75) is 26.2 Å². The molecule has 1 aromatic heterocycles. The molecule has 0 aliphatic carbocycles. The normalized spacial score (nSPS) is 13.1. The second kappa shape index (κ2) is 8.35. The Bertz CT molecular complexity index is 1360. The molecule has 0 fully saturated rings. The molecule has 3 aromatic carbocycles. The Kier molecular flexibility index (Phi) is 5.23. The Labute approximate surface area is 185 Å². The number of carbonyl (C=O) groups is 1. The van der Waals surface area contributed by atoms with Crippen molar-refractivity contribution in [2.24, 2.45) is 0 Å². The maximum atomic E-state index is 12.9. The van der Waals surface area contributed by atoms with Crippen molar-refractivity contribution in [3.8, 4) is 5.75 Å². The Hall–Kier alpha value is -3.86. The molecule has 160 valence electrons. The van der Waals surface area contributed by atoms with Crippen LogP contribution in [0.25, 0.3) is 11.0 Å². The smallest absolute Gasteiger partial charge is 0.419 e. The van der Waals surface area contributed by atoms with E-state index < -0.39 is 6.09 Å². The van der Waals surface area contributed by atoms with Crippen LogP contribution in [0.2, 0.25) is 0 Å². The predicted molar refractivity (Wildman–Crippen MR) is 125 cm³/mol. The number of aryl methyl sites for hydroxylation is 2. The van der Waals surface area contributed by atoms with Crippen molar-refractivity contribution in [1.29, 1.82) is 0 Å². The van der Waals surface area contributed by atoms with Gasteiger partial charge in [-0.2, -0.15) is 0 Å². The molecule has 1 amide bonds. The van der Waals surface area contributed by atoms with Crippen LogP contribution in [-0.2, 0) is 12.8 Å². The van der Waals surface area contributed by atoms with E-state index in [0.29, 0.717) is 29.9 Å². The molecule has 0 bridgehead atoms. The lowest BCUT2D eigenvalue weighted by atomic mass is 10.00. The number of fused-ring (bicyclic) bond motifs is 2. The van der Waals surface area contributed by atoms with Gasteiger partial charge in [-0.15, -0.1) is 0 Å². The minimum Gasteiger partial charge on any atom is -0.422 e. The quantitative estimate of drug-likeness (QED) is 0.398. The van der Waals surface area contributed by atoms with Crippen molar-refractivity contribution in [1.82, 2.24) is 0 Å². The topological polar surface area (TPSA) is 59.8 Å². The molecule has 0 radical (unpaired) electrons. The molecule has 1 aliphatic heterocycles. The number of ether oxygens (including phenoxy) is 1. The van der Waals surface area contributed by atoms with Crippen molar-refractivity contribution in [2.75, 3.05) is 11.4 Å². The average molecular weight is 425 g/mol. The summed E-state index contributed by atoms with van der Waals surface area (Å²) in [5.74, 6) is 0.351. The lowest BCUT2D eigenvalue weighted by Gasteiger charge is -2.28. The third-order valence-electron chi connectivity index (χ3n) is 6.02. The van der Waals surface area contributed by atoms with Gasteiger partial charge >= 0.3 is 11.7 Å². The first kappa shape index (κ1) is 20.1. The van der Waals surface area contributed by atoms with Crippen LogP contribution in [0.3, 0.4) is 0 Å².